The second-order valence-electron chi connectivity index (χ2n) is 10.7. The molecule has 0 saturated carbocycles. The molecule has 53 heavy (non-hydrogen) atoms. The standard InChI is InChI=1S/C33H9F6N13O/c1-12-3-19-21(5-16(12)34)45-27(44-19)14(10-41)29-50-30(15(11-42)28-46-23-7-18(36)25(8-24(23)47-28)53-33(37,38)39)52-32(51-29)26(43-2)31-48-20-4-13(9-40)17(35)6-22(20)49-31/h3-8H,1H3/b27-14+,28-15-,31-26-. The zero-order chi connectivity index (χ0) is 37.8. The Labute approximate surface area is 289 Å². The van der Waals surface area contributed by atoms with Crippen LogP contribution in [-0.2, 0) is 0 Å². The Morgan fingerprint density at radius 1 is 0.642 bits per heavy atom. The van der Waals surface area contributed by atoms with Gasteiger partial charge in [-0.1, -0.05) is 0 Å². The van der Waals surface area contributed by atoms with E-state index in [-0.39, 0.29) is 54.9 Å². The van der Waals surface area contributed by atoms with E-state index >= 15 is 0 Å². The van der Waals surface area contributed by atoms with E-state index in [1.807, 2.05) is 6.07 Å². The van der Waals surface area contributed by atoms with Crippen molar-refractivity contribution >= 4 is 16.8 Å². The number of ether oxygens (including phenoxy) is 1. The normalized spacial score (nSPS) is 16.2. The average Bonchev–Trinajstić information content (AvgIpc) is 3.81. The summed E-state index contributed by atoms with van der Waals surface area (Å²) >= 11 is 0. The largest absolute Gasteiger partial charge is 0.573 e. The fraction of sp³-hybridized carbons (Fsp3) is 0.0606. The van der Waals surface area contributed by atoms with Gasteiger partial charge in [-0.25, -0.2) is 62.9 Å². The van der Waals surface area contributed by atoms with E-state index in [0.29, 0.717) is 12.1 Å². The van der Waals surface area contributed by atoms with Crippen molar-refractivity contribution in [2.75, 3.05) is 0 Å². The molecule has 3 aromatic carbocycles. The zero-order valence-electron chi connectivity index (χ0n) is 26.0. The van der Waals surface area contributed by atoms with Gasteiger partial charge in [0.2, 0.25) is 0 Å². The van der Waals surface area contributed by atoms with Crippen molar-refractivity contribution in [1.82, 2.24) is 15.0 Å². The Morgan fingerprint density at radius 3 is 1.60 bits per heavy atom. The molecular formula is C33H9F6N13O. The van der Waals surface area contributed by atoms with Crippen LogP contribution >= 0.6 is 0 Å². The highest BCUT2D eigenvalue weighted by Crippen LogP contribution is 2.28. The lowest BCUT2D eigenvalue weighted by molar-refractivity contribution is -0.275. The first-order chi connectivity index (χ1) is 25.3. The first-order valence-corrected chi connectivity index (χ1v) is 14.4. The Hall–Kier alpha value is -7.97. The summed E-state index contributed by atoms with van der Waals surface area (Å²) in [4.78, 5) is 40.9. The van der Waals surface area contributed by atoms with Crippen LogP contribution in [0.4, 0.5) is 26.3 Å². The summed E-state index contributed by atoms with van der Waals surface area (Å²) in [7, 11) is 0. The van der Waals surface area contributed by atoms with E-state index in [1.165, 1.54) is 13.0 Å². The Morgan fingerprint density at radius 2 is 1.09 bits per heavy atom. The van der Waals surface area contributed by atoms with E-state index < -0.39 is 69.7 Å². The monoisotopic (exact) mass is 717 g/mol. The molecule has 14 nitrogen and oxygen atoms in total. The number of aromatic nitrogens is 3. The van der Waals surface area contributed by atoms with Gasteiger partial charge in [-0.15, -0.1) is 13.2 Å². The first-order valence-electron chi connectivity index (χ1n) is 14.4. The number of fused-ring (bicyclic) bond motifs is 3. The Kier molecular flexibility index (Phi) is 7.85. The highest BCUT2D eigenvalue weighted by molar-refractivity contribution is 5.80. The van der Waals surface area contributed by atoms with Crippen LogP contribution in [0.2, 0.25) is 0 Å². The van der Waals surface area contributed by atoms with Gasteiger partial charge < -0.3 is 4.74 Å². The number of alkyl halides is 3. The zero-order valence-corrected chi connectivity index (χ0v) is 26.0. The van der Waals surface area contributed by atoms with E-state index in [9.17, 15) is 42.1 Å². The lowest BCUT2D eigenvalue weighted by atomic mass is 10.2. The summed E-state index contributed by atoms with van der Waals surface area (Å²) in [5.41, 5.74) is -1.64. The second-order valence-corrected chi connectivity index (χ2v) is 10.7. The molecule has 1 aromatic heterocycles. The molecule has 4 aromatic rings. The number of nitriles is 3. The minimum Gasteiger partial charge on any atom is -0.403 e. The van der Waals surface area contributed by atoms with Gasteiger partial charge >= 0.3 is 6.36 Å². The van der Waals surface area contributed by atoms with Crippen molar-refractivity contribution in [2.24, 2.45) is 30.0 Å². The Bertz CT molecular complexity index is 3030. The van der Waals surface area contributed by atoms with Gasteiger partial charge in [-0.2, -0.15) is 15.8 Å². The number of rotatable bonds is 4. The van der Waals surface area contributed by atoms with E-state index in [4.69, 9.17) is 6.57 Å². The van der Waals surface area contributed by atoms with Crippen molar-refractivity contribution in [3.8, 4) is 24.0 Å². The number of allylic oxidation sites excluding steroid dienone is 2. The predicted octanol–water partition coefficient (Wildman–Crippen LogP) is 2.16. The molecule has 7 rings (SSSR count). The molecule has 3 aliphatic rings. The van der Waals surface area contributed by atoms with Gasteiger partial charge in [0.1, 0.15) is 41.0 Å². The van der Waals surface area contributed by atoms with Gasteiger partial charge in [-0.05, 0) is 24.6 Å². The van der Waals surface area contributed by atoms with Crippen molar-refractivity contribution < 1.29 is 31.1 Å². The van der Waals surface area contributed by atoms with Crippen LogP contribution in [0.15, 0.2) is 83.8 Å². The average molecular weight is 718 g/mol. The number of halogens is 6. The topological polar surface area (TPSA) is 198 Å². The van der Waals surface area contributed by atoms with Crippen LogP contribution in [0.25, 0.3) is 21.7 Å². The molecule has 0 unspecified atom stereocenters. The van der Waals surface area contributed by atoms with Crippen molar-refractivity contribution in [1.29, 1.82) is 15.8 Å². The van der Waals surface area contributed by atoms with Crippen molar-refractivity contribution in [3.63, 3.8) is 0 Å². The quantitative estimate of drug-likeness (QED) is 0.175. The lowest BCUT2D eigenvalue weighted by Gasteiger charge is -2.08. The molecule has 254 valence electrons. The maximum absolute atomic E-state index is 14.5. The van der Waals surface area contributed by atoms with Gasteiger partial charge in [0.05, 0.1) is 44.3 Å². The molecule has 0 atom stereocenters. The van der Waals surface area contributed by atoms with Gasteiger partial charge in [0.15, 0.2) is 46.5 Å². The van der Waals surface area contributed by atoms with Crippen molar-refractivity contribution in [3.05, 3.63) is 143 Å². The molecule has 0 radical (unpaired) electrons. The van der Waals surface area contributed by atoms with Crippen LogP contribution in [-0.4, -0.2) is 21.3 Å². The van der Waals surface area contributed by atoms with Gasteiger partial charge in [0.25, 0.3) is 5.70 Å². The molecule has 0 bridgehead atoms. The summed E-state index contributed by atoms with van der Waals surface area (Å²) in [6.07, 6.45) is -5.24. The molecule has 0 spiro atoms. The summed E-state index contributed by atoms with van der Waals surface area (Å²) in [5, 5.41) is 29.4. The highest BCUT2D eigenvalue weighted by Gasteiger charge is 2.33. The number of nitrogens with zero attached hydrogens (tertiary/aromatic N) is 13. The van der Waals surface area contributed by atoms with E-state index in [1.54, 1.807) is 12.1 Å². The highest BCUT2D eigenvalue weighted by atomic mass is 19.4. The third-order valence-electron chi connectivity index (χ3n) is 7.34. The SMILES string of the molecule is [C-]#[N+]/C(=C1\N=c2cc(F)c(C#N)cc2=N1)c1nc(/C(C#N)=C2\N=c3cc(C)c(F)cc3=N2)nc(/C(C#N)=C2/N=c3cc(F)c(OC(F)(F)F)cc3=N2)n1. The first kappa shape index (κ1) is 33.5. The predicted molar refractivity (Wildman–Crippen MR) is 161 cm³/mol. The molecule has 0 N–H and O–H groups in total. The summed E-state index contributed by atoms with van der Waals surface area (Å²) < 4.78 is 85.4. The number of benzene rings is 3. The molecule has 0 amide bonds. The molecule has 0 aliphatic carbocycles. The fourth-order valence-electron chi connectivity index (χ4n) is 4.96. The molecule has 4 heterocycles. The molecule has 20 heteroatoms. The Balaban J connectivity index is 1.48. The van der Waals surface area contributed by atoms with Gasteiger partial charge in [-0.3, -0.25) is 0 Å². The maximum atomic E-state index is 14.5. The number of hydrogen-bond donors (Lipinski definition) is 0. The van der Waals surface area contributed by atoms with Crippen LogP contribution < -0.4 is 36.9 Å². The maximum Gasteiger partial charge on any atom is 0.573 e. The fourth-order valence-corrected chi connectivity index (χ4v) is 4.96. The molecular weight excluding hydrogens is 708 g/mol. The molecule has 0 saturated heterocycles. The van der Waals surface area contributed by atoms with Gasteiger partial charge in [0, 0.05) is 24.3 Å². The summed E-state index contributed by atoms with van der Waals surface area (Å²) in [5.74, 6) is -6.95. The van der Waals surface area contributed by atoms with Crippen LogP contribution in [0.1, 0.15) is 28.6 Å². The molecule has 0 fully saturated rings. The smallest absolute Gasteiger partial charge is 0.403 e. The number of hydrogen-bond acceptors (Lipinski definition) is 13. The minimum atomic E-state index is -5.24. The lowest BCUT2D eigenvalue weighted by Crippen LogP contribution is -2.25. The molecule has 3 aliphatic heterocycles. The third-order valence-corrected chi connectivity index (χ3v) is 7.34. The van der Waals surface area contributed by atoms with Crippen molar-refractivity contribution in [2.45, 2.75) is 13.3 Å². The number of aryl methyl sites for hydroxylation is 1. The minimum absolute atomic E-state index is 0.0273. The van der Waals surface area contributed by atoms with Crippen LogP contribution in [0.5, 0.6) is 5.75 Å². The summed E-state index contributed by atoms with van der Waals surface area (Å²) in [6, 6.07) is 11.0. The third kappa shape index (κ3) is 6.09. The van der Waals surface area contributed by atoms with E-state index in [0.717, 1.165) is 18.2 Å². The second kappa shape index (κ2) is 12.4. The summed E-state index contributed by atoms with van der Waals surface area (Å²) in [6.45, 7) is 9.40. The van der Waals surface area contributed by atoms with E-state index in [2.05, 4.69) is 54.5 Å². The van der Waals surface area contributed by atoms with Crippen LogP contribution in [0, 0.1) is 64.9 Å². The van der Waals surface area contributed by atoms with Crippen LogP contribution in [0.3, 0.4) is 0 Å².